The highest BCUT2D eigenvalue weighted by molar-refractivity contribution is 7.22. The molecule has 2 aromatic heterocycles. The third-order valence-electron chi connectivity index (χ3n) is 5.65. The molecule has 2 aliphatic heterocycles. The van der Waals surface area contributed by atoms with Gasteiger partial charge in [0.2, 0.25) is 12.7 Å². The van der Waals surface area contributed by atoms with Gasteiger partial charge in [0.1, 0.15) is 11.2 Å². The van der Waals surface area contributed by atoms with Gasteiger partial charge in [-0.1, -0.05) is 17.4 Å². The summed E-state index contributed by atoms with van der Waals surface area (Å²) in [5, 5.41) is 3.47. The number of benzene rings is 1. The number of hydrogen-bond donors (Lipinski definition) is 1. The van der Waals surface area contributed by atoms with E-state index in [0.29, 0.717) is 27.0 Å². The molecular weight excluding hydrogens is 446 g/mol. The predicted octanol–water partition coefficient (Wildman–Crippen LogP) is 2.16. The first-order valence-corrected chi connectivity index (χ1v) is 11.6. The van der Waals surface area contributed by atoms with Crippen LogP contribution < -0.4 is 30.9 Å². The number of nitrogens with one attached hydrogen (secondary N) is 1. The summed E-state index contributed by atoms with van der Waals surface area (Å²) in [5.74, 6) is 0.723. The Balaban J connectivity index is 1.50. The molecule has 1 N–H and O–H groups in total. The zero-order valence-corrected chi connectivity index (χ0v) is 18.7. The van der Waals surface area contributed by atoms with Gasteiger partial charge in [0.05, 0.1) is 0 Å². The standard InChI is InChI=1S/C22H23N5O5S/c1-2-8-26-20(29)18-19(24-21(33-18)25-9-4-3-5-10-25)27(22(26)30)12-17(28)23-14-6-7-15-16(11-14)32-13-31-15/h2,6-7,11H,1,3-5,8-10,12-13H2,(H,23,28). The molecule has 4 heterocycles. The summed E-state index contributed by atoms with van der Waals surface area (Å²) in [6.45, 7) is 5.25. The molecule has 0 atom stereocenters. The number of allylic oxidation sites excluding steroid dienone is 1. The van der Waals surface area contributed by atoms with Gasteiger partial charge in [0.25, 0.3) is 5.56 Å². The Morgan fingerprint density at radius 2 is 1.94 bits per heavy atom. The summed E-state index contributed by atoms with van der Waals surface area (Å²) < 4.78 is 13.3. The second kappa shape index (κ2) is 8.74. The van der Waals surface area contributed by atoms with E-state index >= 15 is 0 Å². The number of anilines is 2. The lowest BCUT2D eigenvalue weighted by atomic mass is 10.1. The molecule has 11 heteroatoms. The summed E-state index contributed by atoms with van der Waals surface area (Å²) in [7, 11) is 0. The minimum absolute atomic E-state index is 0.0499. The van der Waals surface area contributed by atoms with Gasteiger partial charge in [0, 0.05) is 31.4 Å². The van der Waals surface area contributed by atoms with Gasteiger partial charge in [0.15, 0.2) is 22.3 Å². The largest absolute Gasteiger partial charge is 0.454 e. The summed E-state index contributed by atoms with van der Waals surface area (Å²) in [4.78, 5) is 45.7. The summed E-state index contributed by atoms with van der Waals surface area (Å²) in [5.41, 5.74) is -0.260. The molecule has 1 amide bonds. The number of hydrogen-bond acceptors (Lipinski definition) is 8. The number of piperidine rings is 1. The fourth-order valence-corrected chi connectivity index (χ4v) is 5.11. The Labute approximate surface area is 192 Å². The van der Waals surface area contributed by atoms with Gasteiger partial charge in [-0.2, -0.15) is 0 Å². The van der Waals surface area contributed by atoms with Crippen LogP contribution in [0.3, 0.4) is 0 Å². The van der Waals surface area contributed by atoms with E-state index in [1.807, 2.05) is 0 Å². The van der Waals surface area contributed by atoms with Crippen LogP contribution in [-0.2, 0) is 17.9 Å². The Bertz CT molecular complexity index is 1350. The Kier molecular flexibility index (Phi) is 5.63. The van der Waals surface area contributed by atoms with Crippen LogP contribution in [0.1, 0.15) is 19.3 Å². The van der Waals surface area contributed by atoms with Crippen molar-refractivity contribution in [2.75, 3.05) is 30.1 Å². The van der Waals surface area contributed by atoms with E-state index in [4.69, 9.17) is 9.47 Å². The van der Waals surface area contributed by atoms with E-state index in [2.05, 4.69) is 21.8 Å². The second-order valence-corrected chi connectivity index (χ2v) is 8.86. The third-order valence-corrected chi connectivity index (χ3v) is 6.74. The molecule has 1 saturated heterocycles. The van der Waals surface area contributed by atoms with Crippen molar-refractivity contribution in [1.29, 1.82) is 0 Å². The highest BCUT2D eigenvalue weighted by Crippen LogP contribution is 2.34. The van der Waals surface area contributed by atoms with Crippen LogP contribution in [0.4, 0.5) is 10.8 Å². The number of thiazole rings is 1. The van der Waals surface area contributed by atoms with Crippen molar-refractivity contribution in [3.8, 4) is 11.5 Å². The third kappa shape index (κ3) is 3.99. The van der Waals surface area contributed by atoms with E-state index in [0.717, 1.165) is 36.9 Å². The highest BCUT2D eigenvalue weighted by atomic mass is 32.1. The van der Waals surface area contributed by atoms with E-state index < -0.39 is 17.2 Å². The van der Waals surface area contributed by atoms with Crippen molar-refractivity contribution in [3.05, 3.63) is 51.7 Å². The number of aromatic nitrogens is 3. The van der Waals surface area contributed by atoms with Crippen molar-refractivity contribution in [1.82, 2.24) is 14.1 Å². The van der Waals surface area contributed by atoms with E-state index in [-0.39, 0.29) is 25.5 Å². The number of carbonyl (C=O) groups excluding carboxylic acids is 1. The number of nitrogens with zero attached hydrogens (tertiary/aromatic N) is 4. The van der Waals surface area contributed by atoms with Crippen LogP contribution >= 0.6 is 11.3 Å². The van der Waals surface area contributed by atoms with E-state index in [9.17, 15) is 14.4 Å². The van der Waals surface area contributed by atoms with Gasteiger partial charge in [-0.3, -0.25) is 18.7 Å². The monoisotopic (exact) mass is 469 g/mol. The number of amides is 1. The molecule has 0 bridgehead atoms. The molecular formula is C22H23N5O5S. The average molecular weight is 470 g/mol. The van der Waals surface area contributed by atoms with Crippen molar-refractivity contribution in [2.45, 2.75) is 32.4 Å². The van der Waals surface area contributed by atoms with Crippen LogP contribution in [0.15, 0.2) is 40.4 Å². The zero-order chi connectivity index (χ0) is 22.9. The molecule has 1 aromatic carbocycles. The first-order valence-electron chi connectivity index (χ1n) is 10.7. The fourth-order valence-electron chi connectivity index (χ4n) is 4.04. The molecule has 0 saturated carbocycles. The first-order chi connectivity index (χ1) is 16.0. The van der Waals surface area contributed by atoms with Gasteiger partial charge in [-0.05, 0) is 31.4 Å². The summed E-state index contributed by atoms with van der Waals surface area (Å²) in [6, 6.07) is 5.06. The topological polar surface area (TPSA) is 108 Å². The SMILES string of the molecule is C=CCn1c(=O)c2sc(N3CCCCC3)nc2n(CC(=O)Nc2ccc3c(c2)OCO3)c1=O. The first kappa shape index (κ1) is 21.3. The minimum Gasteiger partial charge on any atom is -0.454 e. The number of carbonyl (C=O) groups is 1. The quantitative estimate of drug-likeness (QED) is 0.551. The van der Waals surface area contributed by atoms with Crippen molar-refractivity contribution < 1.29 is 14.3 Å². The van der Waals surface area contributed by atoms with Gasteiger partial charge in [-0.15, -0.1) is 6.58 Å². The number of fused-ring (bicyclic) bond motifs is 2. The van der Waals surface area contributed by atoms with Crippen molar-refractivity contribution in [3.63, 3.8) is 0 Å². The molecule has 0 aliphatic carbocycles. The molecule has 0 unspecified atom stereocenters. The maximum Gasteiger partial charge on any atom is 0.333 e. The lowest BCUT2D eigenvalue weighted by molar-refractivity contribution is -0.116. The van der Waals surface area contributed by atoms with Crippen molar-refractivity contribution >= 4 is 38.4 Å². The molecule has 10 nitrogen and oxygen atoms in total. The molecule has 3 aromatic rings. The van der Waals surface area contributed by atoms with Crippen LogP contribution in [0, 0.1) is 0 Å². The van der Waals surface area contributed by atoms with Crippen LogP contribution in [0.25, 0.3) is 10.3 Å². The Hall–Kier alpha value is -3.60. The Morgan fingerprint density at radius 1 is 1.15 bits per heavy atom. The molecule has 2 aliphatic rings. The minimum atomic E-state index is -0.594. The lowest BCUT2D eigenvalue weighted by Gasteiger charge is -2.25. The number of ether oxygens (including phenoxy) is 2. The molecule has 5 rings (SSSR count). The Morgan fingerprint density at radius 3 is 2.73 bits per heavy atom. The fraction of sp³-hybridized carbons (Fsp3) is 0.364. The molecule has 172 valence electrons. The van der Waals surface area contributed by atoms with Crippen molar-refractivity contribution in [2.24, 2.45) is 0 Å². The molecule has 0 spiro atoms. The molecule has 33 heavy (non-hydrogen) atoms. The highest BCUT2D eigenvalue weighted by Gasteiger charge is 2.22. The average Bonchev–Trinajstić information content (AvgIpc) is 3.47. The van der Waals surface area contributed by atoms with Gasteiger partial charge < -0.3 is 19.7 Å². The normalized spacial score (nSPS) is 15.1. The van der Waals surface area contributed by atoms with Gasteiger partial charge >= 0.3 is 5.69 Å². The zero-order valence-electron chi connectivity index (χ0n) is 17.9. The maximum atomic E-state index is 13.1. The second-order valence-electron chi connectivity index (χ2n) is 7.89. The number of rotatable bonds is 6. The van der Waals surface area contributed by atoms with E-state index in [1.54, 1.807) is 18.2 Å². The maximum absolute atomic E-state index is 13.1. The smallest absolute Gasteiger partial charge is 0.333 e. The van der Waals surface area contributed by atoms with Crippen LogP contribution in [0.2, 0.25) is 0 Å². The molecule has 0 radical (unpaired) electrons. The lowest BCUT2D eigenvalue weighted by Crippen LogP contribution is -2.41. The summed E-state index contributed by atoms with van der Waals surface area (Å²) in [6.07, 6.45) is 4.76. The van der Waals surface area contributed by atoms with Crippen LogP contribution in [0.5, 0.6) is 11.5 Å². The molecule has 1 fully saturated rings. The van der Waals surface area contributed by atoms with Crippen LogP contribution in [-0.4, -0.2) is 39.9 Å². The summed E-state index contributed by atoms with van der Waals surface area (Å²) >= 11 is 1.26. The van der Waals surface area contributed by atoms with Gasteiger partial charge in [-0.25, -0.2) is 9.78 Å². The van der Waals surface area contributed by atoms with E-state index in [1.165, 1.54) is 22.0 Å². The predicted molar refractivity (Wildman–Crippen MR) is 126 cm³/mol.